The Morgan fingerprint density at radius 2 is 1.73 bits per heavy atom. The summed E-state index contributed by atoms with van der Waals surface area (Å²) in [7, 11) is -4.02. The lowest BCUT2D eigenvalue weighted by Gasteiger charge is -2.22. The first-order valence-corrected chi connectivity index (χ1v) is 15.0. The second-order valence-electron chi connectivity index (χ2n) is 8.94. The Balaban J connectivity index is 1.54. The van der Waals surface area contributed by atoms with Crippen LogP contribution in [0.25, 0.3) is 0 Å². The molecule has 216 valence electrons. The van der Waals surface area contributed by atoms with Crippen LogP contribution in [0.15, 0.2) is 73.1 Å². The molecule has 0 aliphatic carbocycles. The summed E-state index contributed by atoms with van der Waals surface area (Å²) < 4.78 is 68.9. The Hall–Kier alpha value is -3.68. The number of alkyl halides is 3. The van der Waals surface area contributed by atoms with Crippen LogP contribution in [0.2, 0.25) is 5.02 Å². The van der Waals surface area contributed by atoms with Crippen molar-refractivity contribution in [2.24, 2.45) is 0 Å². The van der Waals surface area contributed by atoms with E-state index in [2.05, 4.69) is 19.4 Å². The quantitative estimate of drug-likeness (QED) is 0.221. The van der Waals surface area contributed by atoms with Crippen molar-refractivity contribution in [2.45, 2.75) is 32.0 Å². The van der Waals surface area contributed by atoms with E-state index in [1.54, 1.807) is 31.2 Å². The van der Waals surface area contributed by atoms with E-state index in [0.717, 1.165) is 5.56 Å². The highest BCUT2D eigenvalue weighted by molar-refractivity contribution is 7.89. The molecule has 2 heterocycles. The fraction of sp³-hybridized carbons (Fsp3) is 0.222. The number of sulfonamides is 1. The minimum absolute atomic E-state index is 0.0369. The summed E-state index contributed by atoms with van der Waals surface area (Å²) >= 11 is 7.19. The third-order valence-electron chi connectivity index (χ3n) is 5.71. The van der Waals surface area contributed by atoms with E-state index in [9.17, 15) is 26.4 Å². The minimum atomic E-state index is -4.80. The van der Waals surface area contributed by atoms with Gasteiger partial charge in [-0.1, -0.05) is 41.9 Å². The van der Waals surface area contributed by atoms with Crippen molar-refractivity contribution in [2.75, 3.05) is 11.4 Å². The summed E-state index contributed by atoms with van der Waals surface area (Å²) in [6.45, 7) is 2.35. The number of amides is 1. The molecule has 0 aliphatic rings. The van der Waals surface area contributed by atoms with E-state index < -0.39 is 28.0 Å². The zero-order valence-electron chi connectivity index (χ0n) is 21.6. The zero-order chi connectivity index (χ0) is 29.6. The molecular formula is C27H24ClF3N4O4S2. The highest BCUT2D eigenvalue weighted by Gasteiger charge is 2.31. The number of rotatable bonds is 11. The van der Waals surface area contributed by atoms with Gasteiger partial charge in [0.1, 0.15) is 11.4 Å². The number of benzene rings is 2. The summed E-state index contributed by atoms with van der Waals surface area (Å²) in [4.78, 5) is 23.6. The van der Waals surface area contributed by atoms with Gasteiger partial charge in [0, 0.05) is 35.4 Å². The molecule has 0 saturated carbocycles. The van der Waals surface area contributed by atoms with E-state index >= 15 is 0 Å². The molecule has 8 nitrogen and oxygen atoms in total. The molecular weight excluding hydrogens is 601 g/mol. The Morgan fingerprint density at radius 1 is 1.05 bits per heavy atom. The predicted octanol–water partition coefficient (Wildman–Crippen LogP) is 5.91. The zero-order valence-corrected chi connectivity index (χ0v) is 23.9. The average molecular weight is 625 g/mol. The Bertz CT molecular complexity index is 1580. The van der Waals surface area contributed by atoms with E-state index in [1.807, 2.05) is 17.0 Å². The van der Waals surface area contributed by atoms with Crippen molar-refractivity contribution in [1.82, 2.24) is 14.7 Å². The molecule has 4 aromatic rings. The minimum Gasteiger partial charge on any atom is -0.406 e. The van der Waals surface area contributed by atoms with Crippen LogP contribution in [0.3, 0.4) is 0 Å². The van der Waals surface area contributed by atoms with Crippen molar-refractivity contribution >= 4 is 44.0 Å². The number of aryl methyl sites for hydroxylation is 1. The number of nitrogens with one attached hydrogen (secondary N) is 1. The lowest BCUT2D eigenvalue weighted by molar-refractivity contribution is -0.274. The number of pyridine rings is 1. The molecule has 0 aliphatic heterocycles. The summed E-state index contributed by atoms with van der Waals surface area (Å²) in [6, 6.07) is 15.9. The van der Waals surface area contributed by atoms with Gasteiger partial charge in [-0.15, -0.1) is 24.5 Å². The maximum atomic E-state index is 12.9. The largest absolute Gasteiger partial charge is 0.573 e. The molecule has 2 aromatic carbocycles. The lowest BCUT2D eigenvalue weighted by atomic mass is 10.1. The maximum absolute atomic E-state index is 12.9. The maximum Gasteiger partial charge on any atom is 0.573 e. The molecule has 2 aromatic heterocycles. The predicted molar refractivity (Wildman–Crippen MR) is 151 cm³/mol. The van der Waals surface area contributed by atoms with Crippen LogP contribution in [0.1, 0.15) is 32.1 Å². The van der Waals surface area contributed by atoms with Crippen LogP contribution in [-0.4, -0.2) is 37.2 Å². The standard InChI is InChI=1S/C27H24ClF3N4O4S2/c1-18-24(25(36)34-41(37,38)17-21-3-2-13-32-15-21)33-26(40-18)35(14-12-19-4-8-22(28)9-5-19)16-20-6-10-23(11-7-20)39-27(29,30)31/h2-11,13,15H,12,14,16-17H2,1H3,(H,34,36). The van der Waals surface area contributed by atoms with Gasteiger partial charge in [-0.2, -0.15) is 0 Å². The van der Waals surface area contributed by atoms with Crippen LogP contribution in [0.4, 0.5) is 18.3 Å². The molecule has 0 atom stereocenters. The highest BCUT2D eigenvalue weighted by Crippen LogP contribution is 2.29. The highest BCUT2D eigenvalue weighted by atomic mass is 35.5. The first kappa shape index (κ1) is 30.3. The lowest BCUT2D eigenvalue weighted by Crippen LogP contribution is -2.32. The van der Waals surface area contributed by atoms with Gasteiger partial charge in [0.15, 0.2) is 5.13 Å². The number of halogens is 4. The van der Waals surface area contributed by atoms with Crippen molar-refractivity contribution in [3.8, 4) is 5.75 Å². The van der Waals surface area contributed by atoms with Crippen molar-refractivity contribution in [1.29, 1.82) is 0 Å². The first-order chi connectivity index (χ1) is 19.4. The Morgan fingerprint density at radius 3 is 2.37 bits per heavy atom. The third kappa shape index (κ3) is 9.17. The number of anilines is 1. The fourth-order valence-corrected chi connectivity index (χ4v) is 5.95. The summed E-state index contributed by atoms with van der Waals surface area (Å²) in [6.07, 6.45) is -1.31. The van der Waals surface area contributed by atoms with Crippen molar-refractivity contribution in [3.05, 3.63) is 105 Å². The van der Waals surface area contributed by atoms with Gasteiger partial charge in [0.2, 0.25) is 10.0 Å². The number of aromatic nitrogens is 2. The second-order valence-corrected chi connectivity index (χ2v) is 12.3. The molecule has 1 N–H and O–H groups in total. The second kappa shape index (κ2) is 12.9. The number of nitrogens with zero attached hydrogens (tertiary/aromatic N) is 3. The van der Waals surface area contributed by atoms with Gasteiger partial charge >= 0.3 is 6.36 Å². The molecule has 0 saturated heterocycles. The number of hydrogen-bond donors (Lipinski definition) is 1. The topological polar surface area (TPSA) is 101 Å². The molecule has 0 fully saturated rings. The number of carbonyl (C=O) groups is 1. The molecule has 0 spiro atoms. The Labute approximate surface area is 243 Å². The van der Waals surface area contributed by atoms with Crippen molar-refractivity contribution < 1.29 is 31.1 Å². The number of carbonyl (C=O) groups excluding carboxylic acids is 1. The monoisotopic (exact) mass is 624 g/mol. The smallest absolute Gasteiger partial charge is 0.406 e. The molecule has 4 rings (SSSR count). The van der Waals surface area contributed by atoms with Crippen LogP contribution < -0.4 is 14.4 Å². The average Bonchev–Trinajstić information content (AvgIpc) is 3.29. The third-order valence-corrected chi connectivity index (χ3v) is 8.21. The van der Waals surface area contributed by atoms with E-state index in [0.29, 0.717) is 39.1 Å². The molecule has 0 radical (unpaired) electrons. The van der Waals surface area contributed by atoms with E-state index in [1.165, 1.54) is 48.0 Å². The fourth-order valence-electron chi connectivity index (χ4n) is 3.83. The molecule has 41 heavy (non-hydrogen) atoms. The van der Waals surface area contributed by atoms with Gasteiger partial charge in [0.05, 0.1) is 5.75 Å². The van der Waals surface area contributed by atoms with Gasteiger partial charge < -0.3 is 9.64 Å². The normalized spacial score (nSPS) is 11.7. The molecule has 14 heteroatoms. The van der Waals surface area contributed by atoms with Crippen LogP contribution >= 0.6 is 22.9 Å². The van der Waals surface area contributed by atoms with Gasteiger partial charge in [-0.25, -0.2) is 18.1 Å². The SMILES string of the molecule is Cc1sc(N(CCc2ccc(Cl)cc2)Cc2ccc(OC(F)(F)F)cc2)nc1C(=O)NS(=O)(=O)Cc1cccnc1. The summed E-state index contributed by atoms with van der Waals surface area (Å²) in [5.74, 6) is -1.63. The van der Waals surface area contributed by atoms with Gasteiger partial charge in [-0.3, -0.25) is 9.78 Å². The molecule has 0 bridgehead atoms. The summed E-state index contributed by atoms with van der Waals surface area (Å²) in [5.41, 5.74) is 2.04. The Kier molecular flexibility index (Phi) is 9.51. The number of hydrogen-bond acceptors (Lipinski definition) is 8. The van der Waals surface area contributed by atoms with Crippen LogP contribution in [-0.2, 0) is 28.7 Å². The summed E-state index contributed by atoms with van der Waals surface area (Å²) in [5, 5.41) is 1.04. The van der Waals surface area contributed by atoms with E-state index in [-0.39, 0.29) is 18.0 Å². The van der Waals surface area contributed by atoms with Gasteiger partial charge in [0.25, 0.3) is 5.91 Å². The number of ether oxygens (including phenoxy) is 1. The van der Waals surface area contributed by atoms with Crippen LogP contribution in [0, 0.1) is 6.92 Å². The van der Waals surface area contributed by atoms with Gasteiger partial charge in [-0.05, 0) is 60.4 Å². The van der Waals surface area contributed by atoms with E-state index in [4.69, 9.17) is 11.6 Å². The van der Waals surface area contributed by atoms with Crippen molar-refractivity contribution in [3.63, 3.8) is 0 Å². The number of thiazole rings is 1. The first-order valence-electron chi connectivity index (χ1n) is 12.1. The van der Waals surface area contributed by atoms with Crippen LogP contribution in [0.5, 0.6) is 5.75 Å². The molecule has 0 unspecified atom stereocenters. The molecule has 1 amide bonds.